The molecule has 0 atom stereocenters. The molecule has 2 N–H and O–H groups in total. The van der Waals surface area contributed by atoms with Crippen LogP contribution in [0.5, 0.6) is 5.75 Å². The first-order valence-corrected chi connectivity index (χ1v) is 11.0. The first-order chi connectivity index (χ1) is 16.5. The van der Waals surface area contributed by atoms with Gasteiger partial charge in [0.25, 0.3) is 0 Å². The maximum absolute atomic E-state index is 12.2. The molecule has 1 aromatic heterocycles. The Morgan fingerprint density at radius 1 is 0.971 bits per heavy atom. The fourth-order valence-corrected chi connectivity index (χ4v) is 3.36. The van der Waals surface area contributed by atoms with E-state index < -0.39 is 11.8 Å². The molecule has 0 aliphatic carbocycles. The van der Waals surface area contributed by atoms with Gasteiger partial charge in [0, 0.05) is 27.5 Å². The molecule has 0 radical (unpaired) electrons. The van der Waals surface area contributed by atoms with E-state index in [0.717, 1.165) is 15.7 Å². The minimum atomic E-state index is -0.896. The van der Waals surface area contributed by atoms with Crippen LogP contribution < -0.4 is 15.5 Å². The lowest BCUT2D eigenvalue weighted by Gasteiger charge is -2.05. The second-order valence-corrected chi connectivity index (χ2v) is 8.02. The molecule has 0 bridgehead atoms. The highest BCUT2D eigenvalue weighted by Gasteiger charge is 2.14. The van der Waals surface area contributed by atoms with Crippen LogP contribution in [0.2, 0.25) is 0 Å². The minimum Gasteiger partial charge on any atom is -0.497 e. The van der Waals surface area contributed by atoms with Gasteiger partial charge in [-0.05, 0) is 48.5 Å². The minimum absolute atomic E-state index is 0.464. The van der Waals surface area contributed by atoms with E-state index in [1.165, 1.54) is 6.21 Å². The molecule has 0 aliphatic rings. The van der Waals surface area contributed by atoms with E-state index in [0.29, 0.717) is 22.7 Å². The predicted octanol–water partition coefficient (Wildman–Crippen LogP) is 4.40. The van der Waals surface area contributed by atoms with Gasteiger partial charge in [-0.3, -0.25) is 9.59 Å². The van der Waals surface area contributed by atoms with Crippen LogP contribution in [0.3, 0.4) is 0 Å². The quantitative estimate of drug-likeness (QED) is 0.225. The largest absolute Gasteiger partial charge is 0.497 e. The first-order valence-electron chi connectivity index (χ1n) is 10.2. The van der Waals surface area contributed by atoms with Crippen LogP contribution in [0, 0.1) is 0 Å². The number of aromatic nitrogens is 2. The number of ether oxygens (including phenoxy) is 1. The van der Waals surface area contributed by atoms with Crippen molar-refractivity contribution in [2.24, 2.45) is 5.10 Å². The van der Waals surface area contributed by atoms with E-state index >= 15 is 0 Å². The monoisotopic (exact) mass is 517 g/mol. The van der Waals surface area contributed by atoms with Gasteiger partial charge in [0.15, 0.2) is 0 Å². The molecule has 0 spiro atoms. The van der Waals surface area contributed by atoms with Crippen molar-refractivity contribution >= 4 is 39.6 Å². The second-order valence-electron chi connectivity index (χ2n) is 7.10. The Bertz CT molecular complexity index is 1320. The van der Waals surface area contributed by atoms with E-state index in [1.807, 2.05) is 54.6 Å². The highest BCUT2D eigenvalue weighted by molar-refractivity contribution is 9.10. The lowest BCUT2D eigenvalue weighted by atomic mass is 10.1. The van der Waals surface area contributed by atoms with Gasteiger partial charge >= 0.3 is 11.8 Å². The van der Waals surface area contributed by atoms with E-state index in [9.17, 15) is 9.59 Å². The number of methoxy groups -OCH3 is 1. The summed E-state index contributed by atoms with van der Waals surface area (Å²) < 4.78 is 7.76. The summed E-state index contributed by atoms with van der Waals surface area (Å²) in [6.45, 7) is 0. The molecule has 0 fully saturated rings. The van der Waals surface area contributed by atoms with Gasteiger partial charge in [0.1, 0.15) is 11.4 Å². The van der Waals surface area contributed by atoms with Gasteiger partial charge < -0.3 is 10.1 Å². The Morgan fingerprint density at radius 3 is 2.35 bits per heavy atom. The zero-order valence-corrected chi connectivity index (χ0v) is 19.7. The average molecular weight is 518 g/mol. The summed E-state index contributed by atoms with van der Waals surface area (Å²) in [5.74, 6) is -1.09. The SMILES string of the molecule is COc1ccc(NC(=O)C(=O)N/N=C\c2cn(-c3ccccc3)nc2-c2ccc(Br)cc2)cc1. The van der Waals surface area contributed by atoms with Crippen LogP contribution in [0.1, 0.15) is 5.56 Å². The van der Waals surface area contributed by atoms with Crippen molar-refractivity contribution in [2.75, 3.05) is 12.4 Å². The molecule has 0 saturated carbocycles. The Balaban J connectivity index is 1.50. The predicted molar refractivity (Wildman–Crippen MR) is 134 cm³/mol. The Labute approximate surface area is 204 Å². The lowest BCUT2D eigenvalue weighted by molar-refractivity contribution is -0.136. The van der Waals surface area contributed by atoms with Crippen molar-refractivity contribution < 1.29 is 14.3 Å². The van der Waals surface area contributed by atoms with Gasteiger partial charge in [-0.2, -0.15) is 10.2 Å². The van der Waals surface area contributed by atoms with Gasteiger partial charge in [0.05, 0.1) is 19.0 Å². The third-order valence-electron chi connectivity index (χ3n) is 4.80. The number of amides is 2. The molecule has 1 heterocycles. The number of hydrogen-bond donors (Lipinski definition) is 2. The van der Waals surface area contributed by atoms with Gasteiger partial charge in [-0.25, -0.2) is 10.1 Å². The van der Waals surface area contributed by atoms with E-state index in [4.69, 9.17) is 9.84 Å². The van der Waals surface area contributed by atoms with Crippen molar-refractivity contribution in [3.63, 3.8) is 0 Å². The molecule has 8 nitrogen and oxygen atoms in total. The van der Waals surface area contributed by atoms with Crippen LogP contribution in [-0.2, 0) is 9.59 Å². The second kappa shape index (κ2) is 10.6. The molecule has 0 unspecified atom stereocenters. The molecule has 3 aromatic carbocycles. The summed E-state index contributed by atoms with van der Waals surface area (Å²) in [4.78, 5) is 24.4. The topological polar surface area (TPSA) is 97.6 Å². The number of benzene rings is 3. The van der Waals surface area contributed by atoms with Crippen LogP contribution in [0.15, 0.2) is 94.6 Å². The highest BCUT2D eigenvalue weighted by atomic mass is 79.9. The number of nitrogens with zero attached hydrogens (tertiary/aromatic N) is 3. The van der Waals surface area contributed by atoms with E-state index in [-0.39, 0.29) is 0 Å². The third kappa shape index (κ3) is 5.57. The standard InChI is InChI=1S/C25H20BrN5O3/c1-34-22-13-11-20(12-14-22)28-24(32)25(33)29-27-15-18-16-31(21-5-3-2-4-6-21)30-23(18)17-7-9-19(26)10-8-17/h2-16H,1H3,(H,28,32)(H,29,33)/b27-15-. The number of hydrazone groups is 1. The summed E-state index contributed by atoms with van der Waals surface area (Å²) in [5, 5.41) is 11.2. The lowest BCUT2D eigenvalue weighted by Crippen LogP contribution is -2.32. The van der Waals surface area contributed by atoms with E-state index in [2.05, 4.69) is 31.8 Å². The number of rotatable bonds is 6. The maximum atomic E-state index is 12.2. The Hall–Kier alpha value is -4.24. The average Bonchev–Trinajstić information content (AvgIpc) is 3.29. The smallest absolute Gasteiger partial charge is 0.329 e. The Morgan fingerprint density at radius 2 is 1.68 bits per heavy atom. The van der Waals surface area contributed by atoms with E-state index in [1.54, 1.807) is 42.3 Å². The van der Waals surface area contributed by atoms with Crippen molar-refractivity contribution in [2.45, 2.75) is 0 Å². The number of halogens is 1. The summed E-state index contributed by atoms with van der Waals surface area (Å²) in [6.07, 6.45) is 3.27. The van der Waals surface area contributed by atoms with Crippen LogP contribution in [0.4, 0.5) is 5.69 Å². The summed E-state index contributed by atoms with van der Waals surface area (Å²) in [6, 6.07) is 24.0. The molecule has 9 heteroatoms. The zero-order chi connectivity index (χ0) is 23.9. The van der Waals surface area contributed by atoms with Crippen molar-refractivity contribution in [1.29, 1.82) is 0 Å². The molecule has 170 valence electrons. The molecular weight excluding hydrogens is 498 g/mol. The van der Waals surface area contributed by atoms with Crippen molar-refractivity contribution in [3.05, 3.63) is 95.1 Å². The summed E-state index contributed by atoms with van der Waals surface area (Å²) >= 11 is 3.44. The molecule has 2 amide bonds. The zero-order valence-electron chi connectivity index (χ0n) is 18.1. The third-order valence-corrected chi connectivity index (χ3v) is 5.33. The molecule has 4 rings (SSSR count). The molecular formula is C25H20BrN5O3. The maximum Gasteiger partial charge on any atom is 0.329 e. The normalized spacial score (nSPS) is 10.8. The number of anilines is 1. The number of carbonyl (C=O) groups excluding carboxylic acids is 2. The van der Waals surface area contributed by atoms with Crippen LogP contribution in [-0.4, -0.2) is 34.9 Å². The number of carbonyl (C=O) groups is 2. The molecule has 0 saturated heterocycles. The number of hydrogen-bond acceptors (Lipinski definition) is 5. The number of para-hydroxylation sites is 1. The number of nitrogens with one attached hydrogen (secondary N) is 2. The summed E-state index contributed by atoms with van der Waals surface area (Å²) in [7, 11) is 1.55. The molecule has 34 heavy (non-hydrogen) atoms. The Kier molecular flexibility index (Phi) is 7.14. The first kappa shape index (κ1) is 22.9. The summed E-state index contributed by atoms with van der Waals surface area (Å²) in [5.41, 5.74) is 5.83. The molecule has 0 aliphatic heterocycles. The van der Waals surface area contributed by atoms with Crippen LogP contribution >= 0.6 is 15.9 Å². The highest BCUT2D eigenvalue weighted by Crippen LogP contribution is 2.24. The van der Waals surface area contributed by atoms with Crippen LogP contribution in [0.25, 0.3) is 16.9 Å². The molecule has 4 aromatic rings. The van der Waals surface area contributed by atoms with Crippen molar-refractivity contribution in [3.8, 4) is 22.7 Å². The van der Waals surface area contributed by atoms with Gasteiger partial charge in [-0.15, -0.1) is 0 Å². The fraction of sp³-hybridized carbons (Fsp3) is 0.0400. The fourth-order valence-electron chi connectivity index (χ4n) is 3.10. The van der Waals surface area contributed by atoms with Gasteiger partial charge in [-0.1, -0.05) is 46.3 Å². The van der Waals surface area contributed by atoms with Gasteiger partial charge in [0.2, 0.25) is 0 Å². The van der Waals surface area contributed by atoms with Crippen molar-refractivity contribution in [1.82, 2.24) is 15.2 Å².